The van der Waals surface area contributed by atoms with Crippen molar-refractivity contribution in [2.45, 2.75) is 18.9 Å². The van der Waals surface area contributed by atoms with Crippen molar-refractivity contribution >= 4 is 17.9 Å². The molecule has 1 saturated heterocycles. The number of carbonyl (C=O) groups excluding carboxylic acids is 2. The number of primary amides is 1. The summed E-state index contributed by atoms with van der Waals surface area (Å²) in [5.74, 6) is -2.21. The predicted octanol–water partition coefficient (Wildman–Crippen LogP) is -1.66. The third kappa shape index (κ3) is 3.88. The number of urea groups is 1. The van der Waals surface area contributed by atoms with E-state index in [1.807, 2.05) is 0 Å². The summed E-state index contributed by atoms with van der Waals surface area (Å²) in [5, 5.41) is 19.7. The molecule has 1 fully saturated rings. The van der Waals surface area contributed by atoms with Gasteiger partial charge >= 0.3 is 12.0 Å². The first-order valence-electron chi connectivity index (χ1n) is 5.64. The highest BCUT2D eigenvalue weighted by Gasteiger charge is 2.27. The van der Waals surface area contributed by atoms with Crippen molar-refractivity contribution in [1.82, 2.24) is 10.2 Å². The molecule has 102 valence electrons. The Balaban J connectivity index is 2.42. The van der Waals surface area contributed by atoms with Crippen LogP contribution >= 0.6 is 0 Å². The number of hydrogen-bond donors (Lipinski definition) is 4. The summed E-state index contributed by atoms with van der Waals surface area (Å²) in [4.78, 5) is 34.4. The van der Waals surface area contributed by atoms with Crippen LogP contribution in [0, 0.1) is 5.92 Å². The Bertz CT molecular complexity index is 346. The molecule has 18 heavy (non-hydrogen) atoms. The monoisotopic (exact) mass is 259 g/mol. The van der Waals surface area contributed by atoms with Crippen LogP contribution in [0.5, 0.6) is 0 Å². The molecule has 1 rings (SSSR count). The van der Waals surface area contributed by atoms with Gasteiger partial charge in [-0.15, -0.1) is 0 Å². The number of carbonyl (C=O) groups is 3. The lowest BCUT2D eigenvalue weighted by Gasteiger charge is -2.31. The average molecular weight is 259 g/mol. The number of hydrogen-bond acceptors (Lipinski definition) is 4. The van der Waals surface area contributed by atoms with Gasteiger partial charge < -0.3 is 26.2 Å². The zero-order valence-electron chi connectivity index (χ0n) is 9.83. The van der Waals surface area contributed by atoms with Crippen molar-refractivity contribution in [3.63, 3.8) is 0 Å². The topological polar surface area (TPSA) is 133 Å². The molecule has 0 aromatic rings. The molecular weight excluding hydrogens is 242 g/mol. The lowest BCUT2D eigenvalue weighted by Crippen LogP contribution is -2.50. The van der Waals surface area contributed by atoms with E-state index in [2.05, 4.69) is 5.32 Å². The quantitative estimate of drug-likeness (QED) is 0.479. The van der Waals surface area contributed by atoms with Gasteiger partial charge in [0.15, 0.2) is 6.10 Å². The van der Waals surface area contributed by atoms with Crippen LogP contribution in [0.3, 0.4) is 0 Å². The first kappa shape index (κ1) is 14.2. The van der Waals surface area contributed by atoms with Crippen molar-refractivity contribution in [2.24, 2.45) is 11.7 Å². The fourth-order valence-corrected chi connectivity index (χ4v) is 1.78. The van der Waals surface area contributed by atoms with Crippen molar-refractivity contribution in [3.05, 3.63) is 0 Å². The number of aliphatic hydroxyl groups excluding tert-OH is 1. The number of carboxylic acids is 1. The van der Waals surface area contributed by atoms with Gasteiger partial charge in [0.25, 0.3) is 0 Å². The lowest BCUT2D eigenvalue weighted by molar-refractivity contribution is -0.146. The minimum absolute atomic E-state index is 0.227. The molecule has 1 aliphatic heterocycles. The van der Waals surface area contributed by atoms with Crippen LogP contribution < -0.4 is 11.1 Å². The van der Waals surface area contributed by atoms with E-state index >= 15 is 0 Å². The van der Waals surface area contributed by atoms with E-state index in [1.54, 1.807) is 0 Å². The van der Waals surface area contributed by atoms with Gasteiger partial charge in [-0.3, -0.25) is 4.79 Å². The number of nitrogens with zero attached hydrogens (tertiary/aromatic N) is 1. The number of nitrogens with one attached hydrogen (secondary N) is 1. The van der Waals surface area contributed by atoms with Gasteiger partial charge in [-0.25, -0.2) is 9.59 Å². The zero-order chi connectivity index (χ0) is 13.7. The van der Waals surface area contributed by atoms with E-state index in [4.69, 9.17) is 15.9 Å². The van der Waals surface area contributed by atoms with Crippen molar-refractivity contribution in [1.29, 1.82) is 0 Å². The van der Waals surface area contributed by atoms with Crippen LogP contribution in [0.15, 0.2) is 0 Å². The molecule has 1 heterocycles. The van der Waals surface area contributed by atoms with Crippen molar-refractivity contribution < 1.29 is 24.6 Å². The number of piperidine rings is 1. The molecule has 0 aromatic carbocycles. The maximum atomic E-state index is 11.7. The molecule has 8 heteroatoms. The molecule has 0 spiro atoms. The summed E-state index contributed by atoms with van der Waals surface area (Å²) >= 11 is 0. The highest BCUT2D eigenvalue weighted by atomic mass is 16.4. The molecule has 3 amide bonds. The first-order chi connectivity index (χ1) is 8.41. The Hall–Kier alpha value is -1.83. The minimum Gasteiger partial charge on any atom is -0.479 e. The van der Waals surface area contributed by atoms with Crippen LogP contribution in [0.4, 0.5) is 4.79 Å². The molecule has 8 nitrogen and oxygen atoms in total. The highest BCUT2D eigenvalue weighted by Crippen LogP contribution is 2.15. The van der Waals surface area contributed by atoms with E-state index in [9.17, 15) is 14.4 Å². The Morgan fingerprint density at radius 3 is 2.67 bits per heavy atom. The molecule has 0 aromatic heterocycles. The second kappa shape index (κ2) is 6.20. The molecule has 5 N–H and O–H groups in total. The number of nitrogens with two attached hydrogens (primary N) is 1. The van der Waals surface area contributed by atoms with E-state index in [0.717, 1.165) is 0 Å². The normalized spacial score (nSPS) is 21.2. The van der Waals surface area contributed by atoms with Gasteiger partial charge in [-0.2, -0.15) is 0 Å². The second-order valence-corrected chi connectivity index (χ2v) is 4.23. The molecule has 0 saturated carbocycles. The Morgan fingerprint density at radius 1 is 1.44 bits per heavy atom. The maximum Gasteiger partial charge on any atom is 0.334 e. The Labute approximate surface area is 104 Å². The molecule has 0 radical (unpaired) electrons. The first-order valence-corrected chi connectivity index (χ1v) is 5.64. The molecule has 2 atom stereocenters. The maximum absolute atomic E-state index is 11.7. The SMILES string of the molecule is NC(=O)C1CCCN(C(=O)NCC(O)C(=O)O)C1. The van der Waals surface area contributed by atoms with Crippen molar-refractivity contribution in [3.8, 4) is 0 Å². The fraction of sp³-hybridized carbons (Fsp3) is 0.700. The number of carboxylic acid groups (broad SMARTS) is 1. The summed E-state index contributed by atoms with van der Waals surface area (Å²) in [5.41, 5.74) is 5.18. The van der Waals surface area contributed by atoms with Gasteiger partial charge in [0, 0.05) is 13.1 Å². The summed E-state index contributed by atoms with van der Waals surface area (Å²) in [6.07, 6.45) is -0.315. The van der Waals surface area contributed by atoms with Gasteiger partial charge in [0.05, 0.1) is 12.5 Å². The van der Waals surface area contributed by atoms with Gasteiger partial charge in [0.2, 0.25) is 5.91 Å². The average Bonchev–Trinajstić information content (AvgIpc) is 2.35. The smallest absolute Gasteiger partial charge is 0.334 e. The number of aliphatic hydroxyl groups is 1. The third-order valence-corrected chi connectivity index (χ3v) is 2.84. The molecular formula is C10H17N3O5. The van der Waals surface area contributed by atoms with E-state index in [0.29, 0.717) is 19.4 Å². The molecule has 2 unspecified atom stereocenters. The van der Waals surface area contributed by atoms with Gasteiger partial charge in [-0.1, -0.05) is 0 Å². The second-order valence-electron chi connectivity index (χ2n) is 4.23. The molecule has 0 aliphatic carbocycles. The van der Waals surface area contributed by atoms with Crippen LogP contribution in [0.2, 0.25) is 0 Å². The van der Waals surface area contributed by atoms with E-state index < -0.39 is 24.0 Å². The molecule has 0 bridgehead atoms. The van der Waals surface area contributed by atoms with Crippen molar-refractivity contribution in [2.75, 3.05) is 19.6 Å². The highest BCUT2D eigenvalue weighted by molar-refractivity contribution is 5.80. The van der Waals surface area contributed by atoms with Crippen LogP contribution in [0.1, 0.15) is 12.8 Å². The number of likely N-dealkylation sites (tertiary alicyclic amines) is 1. The summed E-state index contributed by atoms with van der Waals surface area (Å²) in [7, 11) is 0. The minimum atomic E-state index is -1.63. The predicted molar refractivity (Wildman–Crippen MR) is 60.5 cm³/mol. The summed E-state index contributed by atoms with van der Waals surface area (Å²) in [6.45, 7) is 0.342. The summed E-state index contributed by atoms with van der Waals surface area (Å²) in [6, 6.07) is -0.499. The largest absolute Gasteiger partial charge is 0.479 e. The molecule has 1 aliphatic rings. The number of amides is 3. The van der Waals surface area contributed by atoms with Crippen LogP contribution in [-0.4, -0.2) is 58.8 Å². The van der Waals surface area contributed by atoms with E-state index in [1.165, 1.54) is 4.90 Å². The lowest BCUT2D eigenvalue weighted by atomic mass is 9.98. The fourth-order valence-electron chi connectivity index (χ4n) is 1.78. The Morgan fingerprint density at radius 2 is 2.11 bits per heavy atom. The summed E-state index contributed by atoms with van der Waals surface area (Å²) < 4.78 is 0. The number of aliphatic carboxylic acids is 1. The van der Waals surface area contributed by atoms with Crippen LogP contribution in [0.25, 0.3) is 0 Å². The zero-order valence-corrected chi connectivity index (χ0v) is 9.83. The Kier molecular flexibility index (Phi) is 4.90. The van der Waals surface area contributed by atoms with Crippen LogP contribution in [-0.2, 0) is 9.59 Å². The third-order valence-electron chi connectivity index (χ3n) is 2.84. The van der Waals surface area contributed by atoms with Gasteiger partial charge in [-0.05, 0) is 12.8 Å². The standard InChI is InChI=1S/C10H17N3O5/c11-8(15)6-2-1-3-13(5-6)10(18)12-4-7(14)9(16)17/h6-7,14H,1-5H2,(H2,11,15)(H,12,18)(H,16,17). The number of rotatable bonds is 4. The van der Waals surface area contributed by atoms with Gasteiger partial charge in [0.1, 0.15) is 0 Å². The van der Waals surface area contributed by atoms with E-state index in [-0.39, 0.29) is 19.0 Å².